The maximum absolute atomic E-state index is 14.8. The largest absolute Gasteiger partial charge is 0.490 e. The van der Waals surface area contributed by atoms with Gasteiger partial charge in [0.05, 0.1) is 5.41 Å². The monoisotopic (exact) mass is 434 g/mol. The first-order valence-electron chi connectivity index (χ1n) is 8.97. The third-order valence-electron chi connectivity index (χ3n) is 4.79. The summed E-state index contributed by atoms with van der Waals surface area (Å²) in [4.78, 5) is 32.5. The van der Waals surface area contributed by atoms with E-state index in [1.807, 2.05) is 6.07 Å². The number of hydrogen-bond acceptors (Lipinski definition) is 4. The molecule has 3 rings (SSSR count). The van der Waals surface area contributed by atoms with Crippen molar-refractivity contribution < 1.29 is 42.2 Å². The van der Waals surface area contributed by atoms with Gasteiger partial charge in [0.1, 0.15) is 11.9 Å². The van der Waals surface area contributed by atoms with Crippen molar-refractivity contribution in [2.24, 2.45) is 5.41 Å². The Morgan fingerprint density at radius 2 is 1.77 bits per heavy atom. The van der Waals surface area contributed by atoms with E-state index in [4.69, 9.17) is 15.0 Å². The smallest absolute Gasteiger partial charge is 0.480 e. The van der Waals surface area contributed by atoms with E-state index < -0.39 is 35.4 Å². The molecule has 1 saturated heterocycles. The minimum absolute atomic E-state index is 0.00426. The molecule has 0 aromatic heterocycles. The normalized spacial score (nSPS) is 22.9. The second-order valence-electron chi connectivity index (χ2n) is 8.55. The second-order valence-corrected chi connectivity index (χ2v) is 8.55. The van der Waals surface area contributed by atoms with E-state index in [2.05, 4.69) is 31.4 Å². The highest BCUT2D eigenvalue weighted by molar-refractivity contribution is 6.07. The summed E-state index contributed by atoms with van der Waals surface area (Å²) in [5.41, 5.74) is 0.484. The standard InChI is InChI=1S/C17H21FN2O3.C2HF3O2/c1-16(2,3)6-9-4-10(18)13-11(5-9)20-15(23)17(13)7-12(14(21)22)19-8-17;3-2(4,5)1(6)7/h4-5,12,19H,6-8H2,1-3H3,(H,20,23)(H,21,22);(H,6,7). The Balaban J connectivity index is 0.000000396. The average molecular weight is 434 g/mol. The van der Waals surface area contributed by atoms with Gasteiger partial charge in [-0.25, -0.2) is 9.18 Å². The third kappa shape index (κ3) is 4.89. The predicted molar refractivity (Wildman–Crippen MR) is 97.6 cm³/mol. The Bertz CT molecular complexity index is 879. The van der Waals surface area contributed by atoms with Crippen molar-refractivity contribution >= 4 is 23.5 Å². The van der Waals surface area contributed by atoms with E-state index in [0.29, 0.717) is 17.7 Å². The number of fused-ring (bicyclic) bond motifs is 2. The molecular weight excluding hydrogens is 412 g/mol. The molecule has 1 amide bonds. The van der Waals surface area contributed by atoms with Crippen LogP contribution in [0.1, 0.15) is 38.3 Å². The molecule has 2 aliphatic heterocycles. The summed E-state index contributed by atoms with van der Waals surface area (Å²) in [6.07, 6.45) is -4.33. The molecule has 0 saturated carbocycles. The summed E-state index contributed by atoms with van der Waals surface area (Å²) >= 11 is 0. The highest BCUT2D eigenvalue weighted by Gasteiger charge is 2.54. The van der Waals surface area contributed by atoms with Crippen LogP contribution in [0.15, 0.2) is 12.1 Å². The summed E-state index contributed by atoms with van der Waals surface area (Å²) in [6, 6.07) is 2.45. The van der Waals surface area contributed by atoms with Gasteiger partial charge < -0.3 is 20.8 Å². The first kappa shape index (κ1) is 23.6. The zero-order valence-electron chi connectivity index (χ0n) is 16.5. The average Bonchev–Trinajstić information content (AvgIpc) is 3.09. The van der Waals surface area contributed by atoms with Crippen molar-refractivity contribution in [1.82, 2.24) is 5.32 Å². The van der Waals surface area contributed by atoms with Gasteiger partial charge in [0.15, 0.2) is 0 Å². The Morgan fingerprint density at radius 3 is 2.20 bits per heavy atom. The van der Waals surface area contributed by atoms with E-state index >= 15 is 0 Å². The molecule has 2 unspecified atom stereocenters. The summed E-state index contributed by atoms with van der Waals surface area (Å²) in [5, 5.41) is 21.8. The number of benzene rings is 1. The van der Waals surface area contributed by atoms with Crippen LogP contribution in [0.4, 0.5) is 23.2 Å². The summed E-state index contributed by atoms with van der Waals surface area (Å²) in [5.74, 6) is -4.54. The number of amides is 1. The highest BCUT2D eigenvalue weighted by Crippen LogP contribution is 2.45. The lowest BCUT2D eigenvalue weighted by atomic mass is 9.78. The Hall–Kier alpha value is -2.69. The van der Waals surface area contributed by atoms with Crippen molar-refractivity contribution in [3.05, 3.63) is 29.1 Å². The first-order chi connectivity index (χ1) is 13.6. The number of halogens is 4. The lowest BCUT2D eigenvalue weighted by Gasteiger charge is -2.22. The van der Waals surface area contributed by atoms with Gasteiger partial charge in [-0.1, -0.05) is 20.8 Å². The molecule has 0 bridgehead atoms. The number of carbonyl (C=O) groups excluding carboxylic acids is 1. The number of hydrogen-bond donors (Lipinski definition) is 4. The summed E-state index contributed by atoms with van der Waals surface area (Å²) in [6.45, 7) is 6.34. The van der Waals surface area contributed by atoms with Crippen LogP contribution in [0.2, 0.25) is 0 Å². The molecule has 0 aliphatic carbocycles. The molecule has 30 heavy (non-hydrogen) atoms. The van der Waals surface area contributed by atoms with Crippen molar-refractivity contribution in [1.29, 1.82) is 0 Å². The van der Waals surface area contributed by atoms with Crippen molar-refractivity contribution in [2.75, 3.05) is 11.9 Å². The van der Waals surface area contributed by atoms with Crippen molar-refractivity contribution in [2.45, 2.75) is 51.2 Å². The Labute approximate surface area is 169 Å². The van der Waals surface area contributed by atoms with Crippen LogP contribution < -0.4 is 10.6 Å². The number of anilines is 1. The lowest BCUT2D eigenvalue weighted by molar-refractivity contribution is -0.192. The Morgan fingerprint density at radius 1 is 1.20 bits per heavy atom. The van der Waals surface area contributed by atoms with Crippen LogP contribution in [0.5, 0.6) is 0 Å². The molecule has 166 valence electrons. The zero-order chi connectivity index (χ0) is 23.1. The van der Waals surface area contributed by atoms with Crippen LogP contribution in [0.25, 0.3) is 0 Å². The van der Waals surface area contributed by atoms with Crippen molar-refractivity contribution in [3.8, 4) is 0 Å². The fraction of sp³-hybridized carbons (Fsp3) is 0.526. The van der Waals surface area contributed by atoms with Gasteiger partial charge in [-0.05, 0) is 36.0 Å². The van der Waals surface area contributed by atoms with Crippen molar-refractivity contribution in [3.63, 3.8) is 0 Å². The van der Waals surface area contributed by atoms with E-state index in [-0.39, 0.29) is 24.3 Å². The number of nitrogens with one attached hydrogen (secondary N) is 2. The number of alkyl halides is 3. The van der Waals surface area contributed by atoms with E-state index in [9.17, 15) is 27.2 Å². The van der Waals surface area contributed by atoms with E-state index in [1.54, 1.807) is 0 Å². The minimum atomic E-state index is -5.08. The number of rotatable bonds is 2. The Kier molecular flexibility index (Phi) is 6.18. The molecule has 4 N–H and O–H groups in total. The molecule has 2 atom stereocenters. The number of carboxylic acid groups (broad SMARTS) is 2. The molecule has 1 aromatic carbocycles. The fourth-order valence-electron chi connectivity index (χ4n) is 3.65. The molecule has 11 heteroatoms. The minimum Gasteiger partial charge on any atom is -0.480 e. The molecule has 1 aromatic rings. The van der Waals surface area contributed by atoms with E-state index in [1.165, 1.54) is 6.07 Å². The fourth-order valence-corrected chi connectivity index (χ4v) is 3.65. The SMILES string of the molecule is CC(C)(C)Cc1cc(F)c2c(c1)NC(=O)C21CNC(C(=O)O)C1.O=C(O)C(F)(F)F. The van der Waals surface area contributed by atoms with Crippen LogP contribution in [0.3, 0.4) is 0 Å². The topological polar surface area (TPSA) is 116 Å². The van der Waals surface area contributed by atoms with E-state index in [0.717, 1.165) is 5.56 Å². The molecular formula is C19H22F4N2O5. The summed E-state index contributed by atoms with van der Waals surface area (Å²) in [7, 11) is 0. The van der Waals surface area contributed by atoms with Gasteiger partial charge in [0, 0.05) is 17.8 Å². The molecule has 1 fully saturated rings. The zero-order valence-corrected chi connectivity index (χ0v) is 16.5. The lowest BCUT2D eigenvalue weighted by Crippen LogP contribution is -2.37. The van der Waals surface area contributed by atoms with Gasteiger partial charge in [-0.2, -0.15) is 13.2 Å². The maximum Gasteiger partial charge on any atom is 0.490 e. The van der Waals surface area contributed by atoms with Crippen LogP contribution in [0, 0.1) is 11.2 Å². The predicted octanol–water partition coefficient (Wildman–Crippen LogP) is 2.68. The maximum atomic E-state index is 14.8. The first-order valence-corrected chi connectivity index (χ1v) is 8.97. The third-order valence-corrected chi connectivity index (χ3v) is 4.79. The number of carboxylic acids is 2. The second kappa shape index (κ2) is 7.86. The summed E-state index contributed by atoms with van der Waals surface area (Å²) < 4.78 is 46.5. The highest BCUT2D eigenvalue weighted by atomic mass is 19.4. The molecule has 7 nitrogen and oxygen atoms in total. The van der Waals surface area contributed by atoms with Crippen LogP contribution in [-0.2, 0) is 26.2 Å². The van der Waals surface area contributed by atoms with Gasteiger partial charge in [0.2, 0.25) is 5.91 Å². The number of carbonyl (C=O) groups is 3. The van der Waals surface area contributed by atoms with Gasteiger partial charge in [-0.3, -0.25) is 9.59 Å². The van der Waals surface area contributed by atoms with Crippen LogP contribution >= 0.6 is 0 Å². The number of aliphatic carboxylic acids is 2. The molecule has 1 spiro atoms. The van der Waals surface area contributed by atoms with Gasteiger partial charge in [0.25, 0.3) is 0 Å². The van der Waals surface area contributed by atoms with Gasteiger partial charge in [-0.15, -0.1) is 0 Å². The molecule has 0 radical (unpaired) electrons. The molecule has 2 heterocycles. The van der Waals surface area contributed by atoms with Gasteiger partial charge >= 0.3 is 18.1 Å². The molecule has 2 aliphatic rings. The van der Waals surface area contributed by atoms with Crippen LogP contribution in [-0.4, -0.2) is 46.8 Å². The quantitative estimate of drug-likeness (QED) is 0.532.